The number of aryl methyl sites for hydroxylation is 1. The van der Waals surface area contributed by atoms with Gasteiger partial charge in [0.15, 0.2) is 0 Å². The Morgan fingerprint density at radius 2 is 2.05 bits per heavy atom. The second-order valence-corrected chi connectivity index (χ2v) is 5.59. The number of aromatic nitrogens is 2. The Kier molecular flexibility index (Phi) is 3.36. The molecule has 0 bridgehead atoms. The van der Waals surface area contributed by atoms with Crippen molar-refractivity contribution in [3.05, 3.63) is 40.7 Å². The van der Waals surface area contributed by atoms with E-state index >= 15 is 0 Å². The third-order valence-electron chi connectivity index (χ3n) is 3.33. The van der Waals surface area contributed by atoms with Crippen molar-refractivity contribution < 1.29 is 13.2 Å². The number of nitrogens with zero attached hydrogens (tertiary/aromatic N) is 2. The summed E-state index contributed by atoms with van der Waals surface area (Å²) in [6.45, 7) is 1.82. The molecular weight excluding hydrogens is 303 g/mol. The van der Waals surface area contributed by atoms with Gasteiger partial charge in [-0.25, -0.2) is 4.98 Å². The summed E-state index contributed by atoms with van der Waals surface area (Å²) in [5, 5.41) is 2.84. The maximum absolute atomic E-state index is 13.1. The molecule has 0 radical (unpaired) electrons. The van der Waals surface area contributed by atoms with Crippen molar-refractivity contribution in [2.24, 2.45) is 0 Å². The first-order chi connectivity index (χ1) is 9.84. The number of nitrogens with one attached hydrogen (secondary N) is 1. The number of hydrogen-bond acceptors (Lipinski definition) is 2. The summed E-state index contributed by atoms with van der Waals surface area (Å²) in [7, 11) is 0. The molecule has 0 aliphatic heterocycles. The standard InChI is InChI=1S/C14H13ClF3N3/c1-8-7-21(10-3-4-10)13(19-8)20-12-5-2-9(15)6-11(12)14(16,17)18/h2,5-7,10H,3-4H2,1H3,(H,19,20). The average molecular weight is 316 g/mol. The lowest BCUT2D eigenvalue weighted by atomic mass is 10.1. The van der Waals surface area contributed by atoms with Gasteiger partial charge >= 0.3 is 6.18 Å². The molecule has 1 aliphatic rings. The van der Waals surface area contributed by atoms with Gasteiger partial charge in [0.2, 0.25) is 5.95 Å². The molecule has 1 fully saturated rings. The third kappa shape index (κ3) is 3.00. The van der Waals surface area contributed by atoms with E-state index in [0.29, 0.717) is 12.0 Å². The average Bonchev–Trinajstić information content (AvgIpc) is 3.15. The highest BCUT2D eigenvalue weighted by Gasteiger charge is 2.34. The molecule has 0 spiro atoms. The van der Waals surface area contributed by atoms with Crippen LogP contribution in [0.3, 0.4) is 0 Å². The molecule has 3 rings (SSSR count). The van der Waals surface area contributed by atoms with Crippen LogP contribution in [0.4, 0.5) is 24.8 Å². The lowest BCUT2D eigenvalue weighted by Gasteiger charge is -2.15. The van der Waals surface area contributed by atoms with Crippen LogP contribution in [0.15, 0.2) is 24.4 Å². The number of rotatable bonds is 3. The Labute approximate surface area is 124 Å². The SMILES string of the molecule is Cc1cn(C2CC2)c(Nc2ccc(Cl)cc2C(F)(F)F)n1. The van der Waals surface area contributed by atoms with Gasteiger partial charge in [-0.1, -0.05) is 11.6 Å². The minimum atomic E-state index is -4.47. The first-order valence-electron chi connectivity index (χ1n) is 6.54. The third-order valence-corrected chi connectivity index (χ3v) is 3.56. The van der Waals surface area contributed by atoms with Crippen LogP contribution < -0.4 is 5.32 Å². The normalized spacial score (nSPS) is 15.3. The van der Waals surface area contributed by atoms with Gasteiger partial charge in [0, 0.05) is 17.3 Å². The molecule has 1 heterocycles. The Balaban J connectivity index is 1.98. The van der Waals surface area contributed by atoms with Crippen molar-refractivity contribution in [2.75, 3.05) is 5.32 Å². The molecule has 21 heavy (non-hydrogen) atoms. The summed E-state index contributed by atoms with van der Waals surface area (Å²) in [5.41, 5.74) is -0.0654. The van der Waals surface area contributed by atoms with Crippen LogP contribution in [0.1, 0.15) is 30.1 Å². The summed E-state index contributed by atoms with van der Waals surface area (Å²) in [6, 6.07) is 4.00. The number of anilines is 2. The Morgan fingerprint density at radius 1 is 1.33 bits per heavy atom. The van der Waals surface area contributed by atoms with Crippen LogP contribution in [0.5, 0.6) is 0 Å². The van der Waals surface area contributed by atoms with Crippen LogP contribution in [0.25, 0.3) is 0 Å². The van der Waals surface area contributed by atoms with Gasteiger partial charge in [-0.3, -0.25) is 0 Å². The first kappa shape index (κ1) is 14.3. The fourth-order valence-electron chi connectivity index (χ4n) is 2.22. The molecule has 112 valence electrons. The van der Waals surface area contributed by atoms with Crippen LogP contribution in [0, 0.1) is 6.92 Å². The molecule has 0 atom stereocenters. The van der Waals surface area contributed by atoms with E-state index in [2.05, 4.69) is 10.3 Å². The zero-order valence-corrected chi connectivity index (χ0v) is 12.0. The van der Waals surface area contributed by atoms with E-state index in [9.17, 15) is 13.2 Å². The maximum atomic E-state index is 13.1. The molecule has 2 aromatic rings. The fourth-order valence-corrected chi connectivity index (χ4v) is 2.39. The highest BCUT2D eigenvalue weighted by atomic mass is 35.5. The summed E-state index contributed by atoms with van der Waals surface area (Å²) in [4.78, 5) is 4.26. The summed E-state index contributed by atoms with van der Waals surface area (Å²) < 4.78 is 41.1. The van der Waals surface area contributed by atoms with Gasteiger partial charge in [-0.2, -0.15) is 13.2 Å². The lowest BCUT2D eigenvalue weighted by molar-refractivity contribution is -0.136. The minimum absolute atomic E-state index is 0.0422. The number of imidazole rings is 1. The quantitative estimate of drug-likeness (QED) is 0.869. The zero-order chi connectivity index (χ0) is 15.2. The van der Waals surface area contributed by atoms with Crippen molar-refractivity contribution in [1.29, 1.82) is 0 Å². The van der Waals surface area contributed by atoms with E-state index < -0.39 is 11.7 Å². The van der Waals surface area contributed by atoms with Crippen molar-refractivity contribution in [3.63, 3.8) is 0 Å². The molecule has 1 saturated carbocycles. The van der Waals surface area contributed by atoms with Crippen molar-refractivity contribution in [3.8, 4) is 0 Å². The predicted octanol–water partition coefficient (Wildman–Crippen LogP) is 4.94. The van der Waals surface area contributed by atoms with E-state index in [1.165, 1.54) is 12.1 Å². The molecule has 1 aromatic carbocycles. The van der Waals surface area contributed by atoms with Gasteiger partial charge in [0.25, 0.3) is 0 Å². The van der Waals surface area contributed by atoms with Gasteiger partial charge in [0.1, 0.15) is 0 Å². The van der Waals surface area contributed by atoms with Crippen LogP contribution in [-0.4, -0.2) is 9.55 Å². The van der Waals surface area contributed by atoms with E-state index in [-0.39, 0.29) is 10.7 Å². The first-order valence-corrected chi connectivity index (χ1v) is 6.91. The molecule has 1 aromatic heterocycles. The predicted molar refractivity (Wildman–Crippen MR) is 75.0 cm³/mol. The van der Waals surface area contributed by atoms with E-state index in [0.717, 1.165) is 24.6 Å². The van der Waals surface area contributed by atoms with Crippen LogP contribution in [-0.2, 0) is 6.18 Å². The fraction of sp³-hybridized carbons (Fsp3) is 0.357. The van der Waals surface area contributed by atoms with Crippen molar-refractivity contribution in [2.45, 2.75) is 32.0 Å². The Morgan fingerprint density at radius 3 is 2.67 bits per heavy atom. The molecule has 0 saturated heterocycles. The molecular formula is C14H13ClF3N3. The van der Waals surface area contributed by atoms with E-state index in [1.807, 2.05) is 17.7 Å². The number of hydrogen-bond donors (Lipinski definition) is 1. The number of alkyl halides is 3. The van der Waals surface area contributed by atoms with Gasteiger partial charge < -0.3 is 9.88 Å². The zero-order valence-electron chi connectivity index (χ0n) is 11.2. The summed E-state index contributed by atoms with van der Waals surface area (Å²) >= 11 is 5.67. The Hall–Kier alpha value is -1.69. The molecule has 7 heteroatoms. The van der Waals surface area contributed by atoms with Gasteiger partial charge in [-0.15, -0.1) is 0 Å². The van der Waals surface area contributed by atoms with Gasteiger partial charge in [-0.05, 0) is 38.0 Å². The second-order valence-electron chi connectivity index (χ2n) is 5.16. The lowest BCUT2D eigenvalue weighted by Crippen LogP contribution is -2.10. The summed E-state index contributed by atoms with van der Waals surface area (Å²) in [6.07, 6.45) is -0.573. The topological polar surface area (TPSA) is 29.9 Å². The van der Waals surface area contributed by atoms with Crippen LogP contribution >= 0.6 is 11.6 Å². The van der Waals surface area contributed by atoms with Crippen molar-refractivity contribution in [1.82, 2.24) is 9.55 Å². The van der Waals surface area contributed by atoms with E-state index in [1.54, 1.807) is 0 Å². The smallest absolute Gasteiger partial charge is 0.325 e. The molecule has 3 nitrogen and oxygen atoms in total. The van der Waals surface area contributed by atoms with Gasteiger partial charge in [0.05, 0.1) is 16.9 Å². The largest absolute Gasteiger partial charge is 0.418 e. The minimum Gasteiger partial charge on any atom is -0.325 e. The molecule has 0 unspecified atom stereocenters. The Bertz CT molecular complexity index is 675. The second kappa shape index (κ2) is 4.94. The highest BCUT2D eigenvalue weighted by Crippen LogP contribution is 2.40. The molecule has 1 N–H and O–H groups in total. The van der Waals surface area contributed by atoms with E-state index in [4.69, 9.17) is 11.6 Å². The monoisotopic (exact) mass is 315 g/mol. The molecule has 1 aliphatic carbocycles. The molecule has 0 amide bonds. The number of halogens is 4. The van der Waals surface area contributed by atoms with Crippen LogP contribution in [0.2, 0.25) is 5.02 Å². The van der Waals surface area contributed by atoms with Crippen molar-refractivity contribution >= 4 is 23.2 Å². The summed E-state index contributed by atoms with van der Waals surface area (Å²) in [5.74, 6) is 0.433. The maximum Gasteiger partial charge on any atom is 0.418 e. The highest BCUT2D eigenvalue weighted by molar-refractivity contribution is 6.30. The number of benzene rings is 1.